The van der Waals surface area contributed by atoms with E-state index in [1.807, 2.05) is 88.9 Å². The first-order valence-corrected chi connectivity index (χ1v) is 19.1. The van der Waals surface area contributed by atoms with E-state index in [-0.39, 0.29) is 0 Å². The number of anilines is 8. The van der Waals surface area contributed by atoms with Crippen LogP contribution < -0.4 is 19.6 Å². The third-order valence-electron chi connectivity index (χ3n) is 9.95. The Morgan fingerprint density at radius 1 is 0.345 bits per heavy atom. The summed E-state index contributed by atoms with van der Waals surface area (Å²) >= 11 is 0. The lowest BCUT2D eigenvalue weighted by molar-refractivity contribution is 1.13. The Hall–Kier alpha value is -7.80. The van der Waals surface area contributed by atoms with Gasteiger partial charge in [-0.3, -0.25) is 0 Å². The lowest BCUT2D eigenvalue weighted by Gasteiger charge is -2.26. The van der Waals surface area contributed by atoms with Gasteiger partial charge in [0.15, 0.2) is 0 Å². The van der Waals surface area contributed by atoms with Gasteiger partial charge in [0.25, 0.3) is 0 Å². The van der Waals surface area contributed by atoms with Crippen LogP contribution >= 0.6 is 0 Å². The van der Waals surface area contributed by atoms with Gasteiger partial charge in [-0.25, -0.2) is 0 Å². The van der Waals surface area contributed by atoms with Crippen LogP contribution in [0.5, 0.6) is 0 Å². The molecule has 282 valence electrons. The fourth-order valence-electron chi connectivity index (χ4n) is 6.79. The molecule has 0 aliphatic rings. The van der Waals surface area contributed by atoms with Crippen molar-refractivity contribution < 1.29 is 0 Å². The maximum absolute atomic E-state index is 10.2. The molecule has 7 aromatic rings. The second-order valence-corrected chi connectivity index (χ2v) is 14.3. The molecule has 7 aromatic carbocycles. The maximum Gasteiger partial charge on any atom is 0.0998 e. The highest BCUT2D eigenvalue weighted by Crippen LogP contribution is 2.37. The Morgan fingerprint density at radius 3 is 0.914 bits per heavy atom. The van der Waals surface area contributed by atoms with Gasteiger partial charge in [-0.2, -0.15) is 10.5 Å². The highest BCUT2D eigenvalue weighted by molar-refractivity contribution is 5.82. The Bertz CT molecular complexity index is 2410. The fourth-order valence-corrected chi connectivity index (χ4v) is 6.79. The molecule has 0 saturated heterocycles. The van der Waals surface area contributed by atoms with Crippen molar-refractivity contribution >= 4 is 69.8 Å². The molecule has 0 aromatic heterocycles. The van der Waals surface area contributed by atoms with Crippen molar-refractivity contribution in [1.82, 2.24) is 0 Å². The molecular weight excluding hydrogens is 709 g/mol. The minimum absolute atomic E-state index is 0.497. The number of rotatable bonds is 12. The molecule has 0 bridgehead atoms. The van der Waals surface area contributed by atoms with Crippen LogP contribution in [0.4, 0.5) is 45.5 Å². The molecule has 6 heteroatoms. The van der Waals surface area contributed by atoms with Crippen LogP contribution in [0.3, 0.4) is 0 Å². The van der Waals surface area contributed by atoms with Gasteiger partial charge in [0.05, 0.1) is 23.3 Å². The summed E-state index contributed by atoms with van der Waals surface area (Å²) in [6.45, 7) is 0. The average Bonchev–Trinajstić information content (AvgIpc) is 3.27. The average molecular weight is 753 g/mol. The molecule has 0 N–H and O–H groups in total. The normalized spacial score (nSPS) is 10.9. The van der Waals surface area contributed by atoms with Gasteiger partial charge < -0.3 is 19.6 Å². The van der Waals surface area contributed by atoms with Gasteiger partial charge in [0.1, 0.15) is 0 Å². The number of benzene rings is 7. The van der Waals surface area contributed by atoms with Crippen molar-refractivity contribution in [1.29, 1.82) is 10.5 Å². The SMILES string of the molecule is CN(C)c1ccc(N(c2ccccc2)c2ccc(C=Cc3cc(C#N)c(C=Cc4ccc(N(c5ccccc5)c5ccc(N(C)C)cc5)cc4)cc3C#N)cc2)cc1. The summed E-state index contributed by atoms with van der Waals surface area (Å²) in [6, 6.07) is 62.6. The van der Waals surface area contributed by atoms with Crippen LogP contribution in [0, 0.1) is 22.7 Å². The van der Waals surface area contributed by atoms with Crippen molar-refractivity contribution in [2.75, 3.05) is 47.8 Å². The van der Waals surface area contributed by atoms with E-state index in [1.54, 1.807) is 12.1 Å². The Kier molecular flexibility index (Phi) is 11.8. The van der Waals surface area contributed by atoms with Crippen LogP contribution in [0.2, 0.25) is 0 Å². The van der Waals surface area contributed by atoms with Gasteiger partial charge in [0.2, 0.25) is 0 Å². The summed E-state index contributed by atoms with van der Waals surface area (Å²) in [5.41, 5.74) is 12.9. The van der Waals surface area contributed by atoms with Crippen molar-refractivity contribution in [2.24, 2.45) is 0 Å². The number of nitriles is 2. The monoisotopic (exact) mass is 752 g/mol. The zero-order chi connectivity index (χ0) is 40.4. The number of hydrogen-bond donors (Lipinski definition) is 0. The predicted molar refractivity (Wildman–Crippen MR) is 245 cm³/mol. The quantitative estimate of drug-likeness (QED) is 0.116. The summed E-state index contributed by atoms with van der Waals surface area (Å²) < 4.78 is 0. The van der Waals surface area contributed by atoms with Crippen LogP contribution in [0.15, 0.2) is 170 Å². The van der Waals surface area contributed by atoms with Crippen LogP contribution in [0.25, 0.3) is 24.3 Å². The third-order valence-corrected chi connectivity index (χ3v) is 9.95. The highest BCUT2D eigenvalue weighted by atomic mass is 15.1. The molecule has 0 atom stereocenters. The predicted octanol–water partition coefficient (Wildman–Crippen LogP) is 12.8. The van der Waals surface area contributed by atoms with Gasteiger partial charge in [-0.1, -0.05) is 85.0 Å². The first-order chi connectivity index (χ1) is 28.3. The molecule has 6 nitrogen and oxygen atoms in total. The summed E-state index contributed by atoms with van der Waals surface area (Å²) in [4.78, 5) is 8.63. The van der Waals surface area contributed by atoms with Crippen molar-refractivity contribution in [2.45, 2.75) is 0 Å². The number of hydrogen-bond acceptors (Lipinski definition) is 6. The van der Waals surface area contributed by atoms with Crippen molar-refractivity contribution in [3.63, 3.8) is 0 Å². The summed E-state index contributed by atoms with van der Waals surface area (Å²) in [6.07, 6.45) is 7.77. The molecule has 0 fully saturated rings. The zero-order valence-corrected chi connectivity index (χ0v) is 33.2. The molecule has 0 aliphatic carbocycles. The van der Waals surface area contributed by atoms with E-state index >= 15 is 0 Å². The molecule has 7 rings (SSSR count). The first-order valence-electron chi connectivity index (χ1n) is 19.1. The maximum atomic E-state index is 10.2. The molecule has 0 aliphatic heterocycles. The summed E-state index contributed by atoms with van der Waals surface area (Å²) in [7, 11) is 8.15. The summed E-state index contributed by atoms with van der Waals surface area (Å²) in [5, 5.41) is 20.3. The Labute approximate surface area is 342 Å². The molecule has 0 spiro atoms. The lowest BCUT2D eigenvalue weighted by atomic mass is 9.97. The fraction of sp³-hybridized carbons (Fsp3) is 0.0769. The number of nitrogens with zero attached hydrogens (tertiary/aromatic N) is 6. The van der Waals surface area contributed by atoms with Gasteiger partial charge in [-0.15, -0.1) is 0 Å². The molecule has 0 amide bonds. The Balaban J connectivity index is 1.10. The second kappa shape index (κ2) is 17.8. The minimum atomic E-state index is 0.497. The smallest absolute Gasteiger partial charge is 0.0998 e. The zero-order valence-electron chi connectivity index (χ0n) is 33.2. The molecule has 0 heterocycles. The van der Waals surface area contributed by atoms with E-state index in [2.05, 4.69) is 153 Å². The van der Waals surface area contributed by atoms with Crippen LogP contribution in [-0.2, 0) is 0 Å². The van der Waals surface area contributed by atoms with E-state index in [9.17, 15) is 10.5 Å². The van der Waals surface area contributed by atoms with Crippen molar-refractivity contribution in [3.05, 3.63) is 203 Å². The topological polar surface area (TPSA) is 60.5 Å². The van der Waals surface area contributed by atoms with E-state index in [1.165, 1.54) is 0 Å². The van der Waals surface area contributed by atoms with E-state index < -0.39 is 0 Å². The van der Waals surface area contributed by atoms with Crippen LogP contribution in [0.1, 0.15) is 33.4 Å². The van der Waals surface area contributed by atoms with Gasteiger partial charge in [0, 0.05) is 73.7 Å². The largest absolute Gasteiger partial charge is 0.378 e. The van der Waals surface area contributed by atoms with E-state index in [4.69, 9.17) is 0 Å². The molecular formula is C52H44N6. The van der Waals surface area contributed by atoms with E-state index in [0.29, 0.717) is 22.3 Å². The summed E-state index contributed by atoms with van der Waals surface area (Å²) in [5.74, 6) is 0. The second-order valence-electron chi connectivity index (χ2n) is 14.3. The highest BCUT2D eigenvalue weighted by Gasteiger charge is 2.14. The standard InChI is InChI=1S/C52H44N6/c1-55(2)45-27-31-51(32-28-45)57(47-11-7-5-8-12-47)49-23-17-39(18-24-49)15-21-41-35-44(38-54)42(36-43(41)37-53)22-16-40-19-25-50(26-20-40)58(48-13-9-6-10-14-48)52-33-29-46(30-34-52)56(3)4/h5-36H,1-4H3. The minimum Gasteiger partial charge on any atom is -0.378 e. The lowest BCUT2D eigenvalue weighted by Crippen LogP contribution is -2.11. The Morgan fingerprint density at radius 2 is 0.621 bits per heavy atom. The van der Waals surface area contributed by atoms with E-state index in [0.717, 1.165) is 56.6 Å². The first kappa shape index (κ1) is 38.5. The van der Waals surface area contributed by atoms with Crippen LogP contribution in [-0.4, -0.2) is 28.2 Å². The number of para-hydroxylation sites is 2. The molecule has 0 saturated carbocycles. The molecule has 58 heavy (non-hydrogen) atoms. The third kappa shape index (κ3) is 8.84. The van der Waals surface area contributed by atoms with Gasteiger partial charge in [-0.05, 0) is 131 Å². The molecule has 0 unspecified atom stereocenters. The van der Waals surface area contributed by atoms with Crippen molar-refractivity contribution in [3.8, 4) is 12.1 Å². The van der Waals surface area contributed by atoms with Gasteiger partial charge >= 0.3 is 0 Å². The molecule has 0 radical (unpaired) electrons.